The Kier molecular flexibility index (Phi) is 6.39. The van der Waals surface area contributed by atoms with Gasteiger partial charge in [-0.25, -0.2) is 18.0 Å². The number of halogens is 3. The van der Waals surface area contributed by atoms with Gasteiger partial charge in [0, 0.05) is 0 Å². The highest BCUT2D eigenvalue weighted by molar-refractivity contribution is 6.07. The molecule has 0 saturated heterocycles. The third kappa shape index (κ3) is 4.92. The zero-order valence-electron chi connectivity index (χ0n) is 15.9. The van der Waals surface area contributed by atoms with E-state index < -0.39 is 47.0 Å². The topological polar surface area (TPSA) is 97.6 Å². The molecule has 0 spiro atoms. The Hall–Kier alpha value is -4.08. The first-order chi connectivity index (χ1) is 14.8. The molecule has 1 aromatic heterocycles. The molecule has 0 aliphatic carbocycles. The molecule has 0 radical (unpaired) electrons. The highest BCUT2D eigenvalue weighted by atomic mass is 19.2. The van der Waals surface area contributed by atoms with Crippen molar-refractivity contribution < 1.29 is 36.7 Å². The molecule has 0 aliphatic rings. The van der Waals surface area contributed by atoms with Crippen molar-refractivity contribution in [2.45, 2.75) is 13.0 Å². The van der Waals surface area contributed by atoms with Gasteiger partial charge in [-0.05, 0) is 43.3 Å². The van der Waals surface area contributed by atoms with E-state index in [0.717, 1.165) is 6.07 Å². The fourth-order valence-corrected chi connectivity index (χ4v) is 2.50. The summed E-state index contributed by atoms with van der Waals surface area (Å²) in [5.41, 5.74) is -0.563. The number of nitrogens with one attached hydrogen (secondary N) is 2. The third-order valence-corrected chi connectivity index (χ3v) is 4.09. The second-order valence-electron chi connectivity index (χ2n) is 6.24. The molecule has 31 heavy (non-hydrogen) atoms. The van der Waals surface area contributed by atoms with E-state index in [0.29, 0.717) is 6.07 Å². The number of benzene rings is 2. The number of hydrogen-bond donors (Lipinski definition) is 2. The lowest BCUT2D eigenvalue weighted by molar-refractivity contribution is -0.123. The number of carbonyl (C=O) groups excluding carboxylic acids is 3. The van der Waals surface area contributed by atoms with Crippen molar-refractivity contribution in [3.8, 4) is 0 Å². The first kappa shape index (κ1) is 21.6. The minimum Gasteiger partial charge on any atom is -0.459 e. The molecule has 2 N–H and O–H groups in total. The van der Waals surface area contributed by atoms with E-state index in [1.807, 2.05) is 5.32 Å². The Labute approximate surface area is 173 Å². The number of furan rings is 1. The summed E-state index contributed by atoms with van der Waals surface area (Å²) >= 11 is 0. The minimum absolute atomic E-state index is 0.0180. The van der Waals surface area contributed by atoms with Gasteiger partial charge in [-0.1, -0.05) is 12.1 Å². The van der Waals surface area contributed by atoms with Crippen LogP contribution in [0, 0.1) is 17.5 Å². The molecule has 1 atom stereocenters. The molecule has 160 valence electrons. The highest BCUT2D eigenvalue weighted by Gasteiger charge is 2.24. The van der Waals surface area contributed by atoms with Crippen LogP contribution in [0.1, 0.15) is 27.8 Å². The van der Waals surface area contributed by atoms with Crippen LogP contribution in [0.5, 0.6) is 0 Å². The first-order valence-electron chi connectivity index (χ1n) is 8.87. The van der Waals surface area contributed by atoms with E-state index in [2.05, 4.69) is 5.32 Å². The number of carbonyl (C=O) groups is 3. The second kappa shape index (κ2) is 9.16. The summed E-state index contributed by atoms with van der Waals surface area (Å²) in [6.07, 6.45) is -0.112. The van der Waals surface area contributed by atoms with Crippen LogP contribution >= 0.6 is 0 Å². The van der Waals surface area contributed by atoms with E-state index in [9.17, 15) is 27.6 Å². The molecule has 2 aromatic carbocycles. The Morgan fingerprint density at radius 2 is 1.65 bits per heavy atom. The summed E-state index contributed by atoms with van der Waals surface area (Å²) in [7, 11) is 0. The Morgan fingerprint density at radius 1 is 0.903 bits per heavy atom. The summed E-state index contributed by atoms with van der Waals surface area (Å²) < 4.78 is 50.1. The minimum atomic E-state index is -1.75. The molecule has 3 aromatic rings. The monoisotopic (exact) mass is 432 g/mol. The van der Waals surface area contributed by atoms with Crippen LogP contribution in [0.4, 0.5) is 24.5 Å². The van der Waals surface area contributed by atoms with Crippen LogP contribution in [0.15, 0.2) is 59.2 Å². The van der Waals surface area contributed by atoms with Crippen LogP contribution in [0.3, 0.4) is 0 Å². The summed E-state index contributed by atoms with van der Waals surface area (Å²) in [6, 6.07) is 10.3. The molecule has 0 fully saturated rings. The number of ether oxygens (including phenoxy) is 1. The number of hydrogen-bond acceptors (Lipinski definition) is 5. The van der Waals surface area contributed by atoms with E-state index in [1.165, 1.54) is 43.5 Å². The SMILES string of the molecule is CC(OC(=O)c1ccccc1NC(=O)c1ccco1)C(=O)Nc1ccc(F)c(F)c1F. The summed E-state index contributed by atoms with van der Waals surface area (Å²) in [6.45, 7) is 1.20. The van der Waals surface area contributed by atoms with Crippen molar-refractivity contribution in [1.82, 2.24) is 0 Å². The largest absolute Gasteiger partial charge is 0.459 e. The number of amides is 2. The van der Waals surface area contributed by atoms with Crippen LogP contribution in [-0.2, 0) is 9.53 Å². The number of para-hydroxylation sites is 1. The maximum atomic E-state index is 13.7. The Balaban J connectivity index is 1.69. The Morgan fingerprint density at radius 3 is 2.35 bits per heavy atom. The molecule has 2 amide bonds. The van der Waals surface area contributed by atoms with Gasteiger partial charge in [-0.2, -0.15) is 0 Å². The smallest absolute Gasteiger partial charge is 0.341 e. The zero-order chi connectivity index (χ0) is 22.5. The maximum absolute atomic E-state index is 13.7. The quantitative estimate of drug-likeness (QED) is 0.451. The molecule has 10 heteroatoms. The second-order valence-corrected chi connectivity index (χ2v) is 6.24. The van der Waals surface area contributed by atoms with Gasteiger partial charge in [-0.3, -0.25) is 9.59 Å². The summed E-state index contributed by atoms with van der Waals surface area (Å²) in [5, 5.41) is 4.51. The van der Waals surface area contributed by atoms with Crippen LogP contribution in [0.2, 0.25) is 0 Å². The van der Waals surface area contributed by atoms with Crippen LogP contribution < -0.4 is 10.6 Å². The van der Waals surface area contributed by atoms with Crippen molar-refractivity contribution in [3.63, 3.8) is 0 Å². The lowest BCUT2D eigenvalue weighted by Crippen LogP contribution is -2.30. The first-order valence-corrected chi connectivity index (χ1v) is 8.87. The molecule has 1 heterocycles. The lowest BCUT2D eigenvalue weighted by Gasteiger charge is -2.15. The highest BCUT2D eigenvalue weighted by Crippen LogP contribution is 2.21. The number of rotatable bonds is 6. The van der Waals surface area contributed by atoms with Gasteiger partial charge >= 0.3 is 5.97 Å². The molecule has 1 unspecified atom stereocenters. The number of anilines is 2. The molecule has 3 rings (SSSR count). The van der Waals surface area contributed by atoms with Crippen molar-refractivity contribution in [3.05, 3.63) is 83.6 Å². The molecular weight excluding hydrogens is 417 g/mol. The van der Waals surface area contributed by atoms with Crippen molar-refractivity contribution >= 4 is 29.2 Å². The normalized spacial score (nSPS) is 11.5. The number of esters is 1. The summed E-state index contributed by atoms with van der Waals surface area (Å²) in [4.78, 5) is 36.9. The molecule has 0 bridgehead atoms. The van der Waals surface area contributed by atoms with E-state index in [1.54, 1.807) is 6.07 Å². The molecular formula is C21H15F3N2O5. The molecule has 0 aliphatic heterocycles. The lowest BCUT2D eigenvalue weighted by atomic mass is 10.1. The van der Waals surface area contributed by atoms with Gasteiger partial charge in [0.1, 0.15) is 0 Å². The van der Waals surface area contributed by atoms with Crippen molar-refractivity contribution in [2.75, 3.05) is 10.6 Å². The fraction of sp³-hybridized carbons (Fsp3) is 0.0952. The van der Waals surface area contributed by atoms with E-state index in [-0.39, 0.29) is 17.0 Å². The van der Waals surface area contributed by atoms with Crippen LogP contribution in [-0.4, -0.2) is 23.9 Å². The third-order valence-electron chi connectivity index (χ3n) is 4.09. The van der Waals surface area contributed by atoms with Gasteiger partial charge in [0.05, 0.1) is 23.2 Å². The van der Waals surface area contributed by atoms with Gasteiger partial charge in [0.25, 0.3) is 11.8 Å². The van der Waals surface area contributed by atoms with E-state index >= 15 is 0 Å². The van der Waals surface area contributed by atoms with Gasteiger partial charge in [0.2, 0.25) is 0 Å². The van der Waals surface area contributed by atoms with Gasteiger partial charge in [0.15, 0.2) is 29.3 Å². The predicted molar refractivity (Wildman–Crippen MR) is 103 cm³/mol. The average molecular weight is 432 g/mol. The molecule has 7 nitrogen and oxygen atoms in total. The van der Waals surface area contributed by atoms with Gasteiger partial charge < -0.3 is 19.8 Å². The van der Waals surface area contributed by atoms with E-state index in [4.69, 9.17) is 9.15 Å². The fourth-order valence-electron chi connectivity index (χ4n) is 2.50. The van der Waals surface area contributed by atoms with Crippen molar-refractivity contribution in [2.24, 2.45) is 0 Å². The zero-order valence-corrected chi connectivity index (χ0v) is 15.9. The average Bonchev–Trinajstić information content (AvgIpc) is 3.29. The summed E-state index contributed by atoms with van der Waals surface area (Å²) in [5.74, 6) is -7.27. The maximum Gasteiger partial charge on any atom is 0.341 e. The standard InChI is InChI=1S/C21H15F3N2O5/c1-11(19(27)26-15-9-8-13(22)17(23)18(15)24)31-21(29)12-5-2-3-6-14(12)25-20(28)16-7-4-10-30-16/h2-11H,1H3,(H,25,28)(H,26,27). The van der Waals surface area contributed by atoms with Crippen molar-refractivity contribution in [1.29, 1.82) is 0 Å². The Bertz CT molecular complexity index is 1130. The molecule has 0 saturated carbocycles. The van der Waals surface area contributed by atoms with Crippen LogP contribution in [0.25, 0.3) is 0 Å². The predicted octanol–water partition coefficient (Wildman–Crippen LogP) is 4.13. The van der Waals surface area contributed by atoms with Gasteiger partial charge in [-0.15, -0.1) is 0 Å².